The van der Waals surface area contributed by atoms with Crippen molar-refractivity contribution in [3.63, 3.8) is 0 Å². The quantitative estimate of drug-likeness (QED) is 0.145. The molecule has 0 aliphatic carbocycles. The van der Waals surface area contributed by atoms with Crippen molar-refractivity contribution in [1.82, 2.24) is 25.0 Å². The van der Waals surface area contributed by atoms with E-state index in [9.17, 15) is 9.90 Å². The van der Waals surface area contributed by atoms with Crippen molar-refractivity contribution in [2.45, 2.75) is 78.4 Å². The highest BCUT2D eigenvalue weighted by atomic mass is 16.6. The minimum absolute atomic E-state index is 0.157. The van der Waals surface area contributed by atoms with Crippen molar-refractivity contribution in [3.05, 3.63) is 59.4 Å². The molecule has 0 spiro atoms. The fourth-order valence-corrected chi connectivity index (χ4v) is 7.40. The number of aliphatic hydroxyl groups excluding tert-OH is 1. The van der Waals surface area contributed by atoms with Gasteiger partial charge in [-0.2, -0.15) is 10.4 Å². The van der Waals surface area contributed by atoms with E-state index in [4.69, 9.17) is 43.5 Å². The Labute approximate surface area is 310 Å². The van der Waals surface area contributed by atoms with Gasteiger partial charge in [0, 0.05) is 36.3 Å². The molecule has 2 aromatic heterocycles. The summed E-state index contributed by atoms with van der Waals surface area (Å²) in [6.07, 6.45) is 1.83. The van der Waals surface area contributed by atoms with Crippen molar-refractivity contribution in [2.75, 3.05) is 53.0 Å². The largest absolute Gasteiger partial charge is 0.497 e. The molecule has 3 aliphatic rings. The van der Waals surface area contributed by atoms with Crippen molar-refractivity contribution < 1.29 is 42.9 Å². The van der Waals surface area contributed by atoms with Gasteiger partial charge in [-0.05, 0) is 58.4 Å². The average molecular weight is 735 g/mol. The van der Waals surface area contributed by atoms with Gasteiger partial charge >= 0.3 is 12.1 Å². The maximum atomic E-state index is 12.6. The lowest BCUT2D eigenvalue weighted by atomic mass is 9.62. The number of hydrogen-bond donors (Lipinski definition) is 2. The molecule has 3 saturated heterocycles. The second kappa shape index (κ2) is 14.8. The zero-order chi connectivity index (χ0) is 38.1. The number of carbonyl (C=O) groups excluding carboxylic acids is 1. The number of amides is 1. The third-order valence-corrected chi connectivity index (χ3v) is 9.80. The summed E-state index contributed by atoms with van der Waals surface area (Å²) in [7, 11) is 6.47. The minimum Gasteiger partial charge on any atom is -0.497 e. The predicted molar refractivity (Wildman–Crippen MR) is 196 cm³/mol. The number of aromatic nitrogens is 4. The highest BCUT2D eigenvalue weighted by Crippen LogP contribution is 2.57. The van der Waals surface area contributed by atoms with Crippen molar-refractivity contribution in [3.8, 4) is 29.0 Å². The predicted octanol–water partition coefficient (Wildman–Crippen LogP) is 5.24. The highest BCUT2D eigenvalue weighted by Gasteiger charge is 2.76. The Balaban J connectivity index is 1.40. The molecule has 2 atom stereocenters. The van der Waals surface area contributed by atoms with Crippen LogP contribution in [0.15, 0.2) is 42.6 Å². The van der Waals surface area contributed by atoms with Crippen LogP contribution in [0, 0.1) is 5.41 Å². The van der Waals surface area contributed by atoms with Crippen LogP contribution in [0.3, 0.4) is 0 Å². The molecule has 7 rings (SSSR count). The number of hydrogen-bond acceptors (Lipinski definition) is 12. The lowest BCUT2D eigenvalue weighted by Crippen LogP contribution is -2.92. The molecule has 2 bridgehead atoms. The van der Waals surface area contributed by atoms with Crippen LogP contribution in [-0.4, -0.2) is 95.2 Å². The number of nitrogens with zero attached hydrogens (tertiary/aromatic N) is 6. The van der Waals surface area contributed by atoms with Crippen LogP contribution in [0.1, 0.15) is 70.4 Å². The first kappa shape index (κ1) is 37.7. The number of quaternary nitrogens is 1. The zero-order valence-corrected chi connectivity index (χ0v) is 32.1. The lowest BCUT2D eigenvalue weighted by molar-refractivity contribution is -1.09. The van der Waals surface area contributed by atoms with Crippen LogP contribution in [0.25, 0.3) is 5.65 Å². The summed E-state index contributed by atoms with van der Waals surface area (Å²) in [5, 5.41) is 16.8. The van der Waals surface area contributed by atoms with Gasteiger partial charge in [0.25, 0.3) is 0 Å². The first-order valence-electron chi connectivity index (χ1n) is 17.9. The summed E-state index contributed by atoms with van der Waals surface area (Å²) in [6, 6.07) is 11.5. The highest BCUT2D eigenvalue weighted by molar-refractivity contribution is 5.67. The van der Waals surface area contributed by atoms with Gasteiger partial charge < -0.3 is 38.4 Å². The standard InChI is InChI=1S/C38H51N7O8/c1-10-11-24(2)52-35-40-34(33-39-18-29(44(33)41-35)32(46)38-21-45(22-38,23-38)42-36(47)53-37(3,4)5)43(19-25-12-14-27(48-6)16-30(25)50-8)20-26-13-15-28(49-7)17-31(26)51-9/h12-18,24,32,46H,10-11,19-23H2,1-9H3/p+1/t24-,32?,38?,45?/m0/s1. The zero-order valence-electron chi connectivity index (χ0n) is 32.1. The smallest absolute Gasteiger partial charge is 0.452 e. The first-order chi connectivity index (χ1) is 25.2. The molecule has 1 amide bonds. The van der Waals surface area contributed by atoms with Gasteiger partial charge in [-0.3, -0.25) is 0 Å². The number of carbonyl (C=O) groups is 1. The summed E-state index contributed by atoms with van der Waals surface area (Å²) in [6.45, 7) is 11.9. The van der Waals surface area contributed by atoms with Crippen LogP contribution in [0.4, 0.5) is 10.6 Å². The third-order valence-electron chi connectivity index (χ3n) is 9.80. The van der Waals surface area contributed by atoms with E-state index < -0.39 is 23.2 Å². The van der Waals surface area contributed by atoms with Crippen molar-refractivity contribution in [2.24, 2.45) is 5.41 Å². The molecular formula is C38H52N7O8+. The van der Waals surface area contributed by atoms with Crippen LogP contribution >= 0.6 is 0 Å². The minimum atomic E-state index is -0.918. The Bertz CT molecular complexity index is 1870. The monoisotopic (exact) mass is 734 g/mol. The number of benzene rings is 2. The van der Waals surface area contributed by atoms with Gasteiger partial charge in [-0.1, -0.05) is 13.3 Å². The molecule has 15 heteroatoms. The topological polar surface area (TPSA) is 151 Å². The third kappa shape index (κ3) is 7.72. The molecule has 3 fully saturated rings. The van der Waals surface area contributed by atoms with E-state index in [1.807, 2.05) is 64.1 Å². The normalized spacial score (nSPS) is 20.0. The van der Waals surface area contributed by atoms with E-state index >= 15 is 0 Å². The summed E-state index contributed by atoms with van der Waals surface area (Å²) >= 11 is 0. The molecule has 286 valence electrons. The number of anilines is 1. The second-order valence-corrected chi connectivity index (χ2v) is 15.1. The molecule has 0 radical (unpaired) electrons. The summed E-state index contributed by atoms with van der Waals surface area (Å²) in [5.41, 5.74) is 4.61. The number of rotatable bonds is 16. The van der Waals surface area contributed by atoms with Crippen LogP contribution in [-0.2, 0) is 17.8 Å². The van der Waals surface area contributed by atoms with E-state index in [2.05, 4.69) is 17.2 Å². The van der Waals surface area contributed by atoms with Crippen molar-refractivity contribution in [1.29, 1.82) is 0 Å². The fraction of sp³-hybridized carbons (Fsp3) is 0.526. The molecule has 4 aromatic rings. The lowest BCUT2D eigenvalue weighted by Gasteiger charge is -2.68. The second-order valence-electron chi connectivity index (χ2n) is 15.1. The first-order valence-corrected chi connectivity index (χ1v) is 17.9. The number of methoxy groups -OCH3 is 4. The summed E-state index contributed by atoms with van der Waals surface area (Å²) < 4.78 is 36.3. The SMILES string of the molecule is CCC[C@H](C)Oc1nc(N(Cc2ccc(OC)cc2OC)Cc2ccc(OC)cc2OC)c2ncc(C(O)C34C[N+](NC(=O)OC(C)(C)C)(C3)C4)n2n1. The molecular weight excluding hydrogens is 682 g/mol. The number of fused-ring (bicyclic) bond motifs is 1. The Morgan fingerprint density at radius 2 is 1.57 bits per heavy atom. The summed E-state index contributed by atoms with van der Waals surface area (Å²) in [5.74, 6) is 3.11. The number of imidazole rings is 1. The molecule has 2 aromatic carbocycles. The Kier molecular flexibility index (Phi) is 10.5. The number of nitrogens with one attached hydrogen (secondary N) is 1. The van der Waals surface area contributed by atoms with E-state index in [1.165, 1.54) is 0 Å². The van der Waals surface area contributed by atoms with Gasteiger partial charge in [-0.15, -0.1) is 5.10 Å². The van der Waals surface area contributed by atoms with Crippen LogP contribution in [0.5, 0.6) is 29.0 Å². The molecule has 2 N–H and O–H groups in total. The molecule has 3 aliphatic heterocycles. The van der Waals surface area contributed by atoms with Gasteiger partial charge in [-0.25, -0.2) is 18.9 Å². The van der Waals surface area contributed by atoms with Crippen LogP contribution < -0.4 is 34.0 Å². The van der Waals surface area contributed by atoms with E-state index in [1.54, 1.807) is 39.2 Å². The molecule has 15 nitrogen and oxygen atoms in total. The Morgan fingerprint density at radius 3 is 2.08 bits per heavy atom. The van der Waals surface area contributed by atoms with E-state index in [0.717, 1.165) is 24.0 Å². The number of ether oxygens (including phenoxy) is 6. The maximum Gasteiger partial charge on any atom is 0.452 e. The van der Waals surface area contributed by atoms with Crippen molar-refractivity contribution >= 4 is 17.6 Å². The molecule has 5 heterocycles. The van der Waals surface area contributed by atoms with Gasteiger partial charge in [0.1, 0.15) is 54.3 Å². The molecule has 53 heavy (non-hydrogen) atoms. The van der Waals surface area contributed by atoms with Crippen LogP contribution in [0.2, 0.25) is 0 Å². The van der Waals surface area contributed by atoms with Gasteiger partial charge in [0.2, 0.25) is 0 Å². The van der Waals surface area contributed by atoms with E-state index in [0.29, 0.717) is 77.5 Å². The Morgan fingerprint density at radius 1 is 0.981 bits per heavy atom. The number of aliphatic hydroxyl groups is 1. The molecule has 0 saturated carbocycles. The fourth-order valence-electron chi connectivity index (χ4n) is 7.40. The summed E-state index contributed by atoms with van der Waals surface area (Å²) in [4.78, 5) is 24.4. The average Bonchev–Trinajstić information content (AvgIpc) is 3.51. The van der Waals surface area contributed by atoms with Gasteiger partial charge in [0.15, 0.2) is 16.9 Å². The molecule has 1 unspecified atom stereocenters. The van der Waals surface area contributed by atoms with E-state index in [-0.39, 0.29) is 12.1 Å². The Hall–Kier alpha value is -5.02. The maximum absolute atomic E-state index is 12.6. The van der Waals surface area contributed by atoms with Gasteiger partial charge in [0.05, 0.1) is 46.4 Å².